The van der Waals surface area contributed by atoms with Gasteiger partial charge in [0, 0.05) is 18.2 Å². The fourth-order valence-electron chi connectivity index (χ4n) is 2.83. The van der Waals surface area contributed by atoms with Crippen molar-refractivity contribution in [2.24, 2.45) is 5.92 Å². The third-order valence-electron chi connectivity index (χ3n) is 4.29. The van der Waals surface area contributed by atoms with Crippen molar-refractivity contribution >= 4 is 0 Å². The van der Waals surface area contributed by atoms with E-state index in [0.29, 0.717) is 11.6 Å². The van der Waals surface area contributed by atoms with E-state index in [0.717, 1.165) is 30.3 Å². The van der Waals surface area contributed by atoms with E-state index in [2.05, 4.69) is 24.8 Å². The molecule has 1 saturated heterocycles. The average Bonchev–Trinajstić information content (AvgIpc) is 2.43. The Balaban J connectivity index is 2.20. The lowest BCUT2D eigenvalue weighted by Crippen LogP contribution is -2.41. The number of nitriles is 1. The van der Waals surface area contributed by atoms with Gasteiger partial charge in [-0.25, -0.2) is 0 Å². The van der Waals surface area contributed by atoms with Crippen LogP contribution in [0.15, 0.2) is 18.2 Å². The average molecular weight is 258 g/mol. The molecule has 0 bridgehead atoms. The fourth-order valence-corrected chi connectivity index (χ4v) is 2.83. The third-order valence-corrected chi connectivity index (χ3v) is 4.29. The van der Waals surface area contributed by atoms with Crippen LogP contribution in [-0.4, -0.2) is 24.6 Å². The zero-order valence-corrected chi connectivity index (χ0v) is 12.0. The molecule has 1 fully saturated rings. The number of likely N-dealkylation sites (tertiary alicyclic amines) is 1. The van der Waals surface area contributed by atoms with Crippen molar-refractivity contribution in [1.29, 1.82) is 5.26 Å². The second-order valence-corrected chi connectivity index (χ2v) is 5.47. The number of hydrogen-bond acceptors (Lipinski definition) is 3. The summed E-state index contributed by atoms with van der Waals surface area (Å²) in [6.07, 6.45) is 2.57. The predicted octanol–water partition coefficient (Wildman–Crippen LogP) is 3.19. The Hall–Kier alpha value is -1.53. The second-order valence-electron chi connectivity index (χ2n) is 5.47. The van der Waals surface area contributed by atoms with Gasteiger partial charge in [0.1, 0.15) is 5.75 Å². The second kappa shape index (κ2) is 6.08. The first-order valence-electron chi connectivity index (χ1n) is 6.96. The van der Waals surface area contributed by atoms with Crippen molar-refractivity contribution in [3.05, 3.63) is 29.3 Å². The van der Waals surface area contributed by atoms with Crippen LogP contribution in [-0.2, 0) is 6.54 Å². The van der Waals surface area contributed by atoms with E-state index >= 15 is 0 Å². The SMILES string of the molecule is COc1ccc(C#N)cc1CN1CCCC(C)C1C. The van der Waals surface area contributed by atoms with Crippen LogP contribution in [0.1, 0.15) is 37.8 Å². The summed E-state index contributed by atoms with van der Waals surface area (Å²) < 4.78 is 5.41. The number of benzene rings is 1. The number of nitrogens with zero attached hydrogens (tertiary/aromatic N) is 2. The molecule has 1 heterocycles. The molecule has 2 atom stereocenters. The van der Waals surface area contributed by atoms with E-state index in [-0.39, 0.29) is 0 Å². The Morgan fingerprint density at radius 1 is 1.42 bits per heavy atom. The zero-order valence-electron chi connectivity index (χ0n) is 12.0. The summed E-state index contributed by atoms with van der Waals surface area (Å²) in [5.41, 5.74) is 1.82. The maximum atomic E-state index is 9.02. The molecule has 3 nitrogen and oxygen atoms in total. The van der Waals surface area contributed by atoms with Crippen LogP contribution in [0.3, 0.4) is 0 Å². The first-order chi connectivity index (χ1) is 9.15. The first kappa shape index (κ1) is 13.9. The highest BCUT2D eigenvalue weighted by Crippen LogP contribution is 2.27. The largest absolute Gasteiger partial charge is 0.496 e. The lowest BCUT2D eigenvalue weighted by molar-refractivity contribution is 0.105. The zero-order chi connectivity index (χ0) is 13.8. The quantitative estimate of drug-likeness (QED) is 0.835. The topological polar surface area (TPSA) is 36.3 Å². The van der Waals surface area contributed by atoms with Crippen molar-refractivity contribution in [1.82, 2.24) is 4.90 Å². The molecular formula is C16H22N2O. The van der Waals surface area contributed by atoms with E-state index in [1.807, 2.05) is 18.2 Å². The fraction of sp³-hybridized carbons (Fsp3) is 0.562. The molecule has 0 amide bonds. The molecule has 0 aliphatic carbocycles. The minimum Gasteiger partial charge on any atom is -0.496 e. The predicted molar refractivity (Wildman–Crippen MR) is 76.0 cm³/mol. The number of methoxy groups -OCH3 is 1. The van der Waals surface area contributed by atoms with Gasteiger partial charge in [-0.3, -0.25) is 4.90 Å². The van der Waals surface area contributed by atoms with Crippen molar-refractivity contribution in [3.8, 4) is 11.8 Å². The molecule has 0 aromatic heterocycles. The summed E-state index contributed by atoms with van der Waals surface area (Å²) in [7, 11) is 1.69. The summed E-state index contributed by atoms with van der Waals surface area (Å²) in [6.45, 7) is 6.61. The Labute approximate surface area is 115 Å². The monoisotopic (exact) mass is 258 g/mol. The lowest BCUT2D eigenvalue weighted by Gasteiger charge is -2.38. The van der Waals surface area contributed by atoms with Gasteiger partial charge in [0.25, 0.3) is 0 Å². The van der Waals surface area contributed by atoms with E-state index in [1.54, 1.807) is 7.11 Å². The summed E-state index contributed by atoms with van der Waals surface area (Å²) >= 11 is 0. The van der Waals surface area contributed by atoms with Gasteiger partial charge >= 0.3 is 0 Å². The standard InChI is InChI=1S/C16H22N2O/c1-12-5-4-8-18(13(12)2)11-15-9-14(10-17)6-7-16(15)19-3/h6-7,9,12-13H,4-5,8,11H2,1-3H3. The maximum Gasteiger partial charge on any atom is 0.123 e. The van der Waals surface area contributed by atoms with Crippen molar-refractivity contribution < 1.29 is 4.74 Å². The number of ether oxygens (including phenoxy) is 1. The van der Waals surface area contributed by atoms with Crippen LogP contribution in [0.2, 0.25) is 0 Å². The van der Waals surface area contributed by atoms with Crippen molar-refractivity contribution in [3.63, 3.8) is 0 Å². The molecule has 19 heavy (non-hydrogen) atoms. The summed E-state index contributed by atoms with van der Waals surface area (Å²) in [5.74, 6) is 1.61. The Morgan fingerprint density at radius 3 is 2.89 bits per heavy atom. The molecule has 2 unspecified atom stereocenters. The minimum atomic E-state index is 0.587. The van der Waals surface area contributed by atoms with E-state index < -0.39 is 0 Å². The van der Waals surface area contributed by atoms with Crippen LogP contribution in [0.25, 0.3) is 0 Å². The third kappa shape index (κ3) is 3.08. The summed E-state index contributed by atoms with van der Waals surface area (Å²) in [5, 5.41) is 9.02. The molecule has 3 heteroatoms. The highest BCUT2D eigenvalue weighted by Gasteiger charge is 2.25. The Kier molecular flexibility index (Phi) is 4.44. The van der Waals surface area contributed by atoms with Crippen molar-refractivity contribution in [2.75, 3.05) is 13.7 Å². The molecule has 1 aromatic rings. The molecule has 1 aliphatic heterocycles. The molecule has 2 rings (SSSR count). The number of hydrogen-bond donors (Lipinski definition) is 0. The van der Waals surface area contributed by atoms with Gasteiger partial charge < -0.3 is 4.74 Å². The van der Waals surface area contributed by atoms with Crippen molar-refractivity contribution in [2.45, 2.75) is 39.3 Å². The van der Waals surface area contributed by atoms with Gasteiger partial charge in [-0.1, -0.05) is 6.92 Å². The maximum absolute atomic E-state index is 9.02. The summed E-state index contributed by atoms with van der Waals surface area (Å²) in [4.78, 5) is 2.49. The number of piperidine rings is 1. The van der Waals surface area contributed by atoms with Gasteiger partial charge in [-0.2, -0.15) is 5.26 Å². The first-order valence-corrected chi connectivity index (χ1v) is 6.96. The van der Waals surface area contributed by atoms with Gasteiger partial charge in [-0.15, -0.1) is 0 Å². The van der Waals surface area contributed by atoms with Crippen LogP contribution >= 0.6 is 0 Å². The van der Waals surface area contributed by atoms with E-state index in [4.69, 9.17) is 10.00 Å². The van der Waals surface area contributed by atoms with Gasteiger partial charge in [0.15, 0.2) is 0 Å². The Morgan fingerprint density at radius 2 is 2.21 bits per heavy atom. The smallest absolute Gasteiger partial charge is 0.123 e. The highest BCUT2D eigenvalue weighted by atomic mass is 16.5. The molecule has 0 saturated carbocycles. The van der Waals surface area contributed by atoms with Crippen LogP contribution in [0.4, 0.5) is 0 Å². The molecule has 0 N–H and O–H groups in total. The lowest BCUT2D eigenvalue weighted by atomic mass is 9.91. The summed E-state index contributed by atoms with van der Waals surface area (Å²) in [6, 6.07) is 8.44. The molecular weight excluding hydrogens is 236 g/mol. The minimum absolute atomic E-state index is 0.587. The molecule has 1 aliphatic rings. The molecule has 1 aromatic carbocycles. The van der Waals surface area contributed by atoms with Crippen LogP contribution < -0.4 is 4.74 Å². The van der Waals surface area contributed by atoms with Crippen LogP contribution in [0.5, 0.6) is 5.75 Å². The van der Waals surface area contributed by atoms with Gasteiger partial charge in [0.05, 0.1) is 18.7 Å². The van der Waals surface area contributed by atoms with E-state index in [1.165, 1.54) is 12.8 Å². The highest BCUT2D eigenvalue weighted by molar-refractivity contribution is 5.42. The van der Waals surface area contributed by atoms with Gasteiger partial charge in [0.2, 0.25) is 0 Å². The molecule has 0 radical (unpaired) electrons. The van der Waals surface area contributed by atoms with E-state index in [9.17, 15) is 0 Å². The molecule has 102 valence electrons. The normalized spacial score (nSPS) is 23.9. The van der Waals surface area contributed by atoms with Gasteiger partial charge in [-0.05, 0) is 50.4 Å². The Bertz CT molecular complexity index is 478. The molecule has 0 spiro atoms. The number of rotatable bonds is 3. The van der Waals surface area contributed by atoms with Crippen LogP contribution in [0, 0.1) is 17.2 Å².